The molecule has 0 unspecified atom stereocenters. The van der Waals surface area contributed by atoms with E-state index in [0.29, 0.717) is 36.6 Å². The maximum atomic E-state index is 6.05. The number of thiocarbonyl (C=S) groups is 1. The molecule has 0 aromatic heterocycles. The first-order valence-electron chi connectivity index (χ1n) is 5.43. The first-order valence-corrected chi connectivity index (χ1v) is 7.35. The summed E-state index contributed by atoms with van der Waals surface area (Å²) >= 11 is 28.9. The number of rotatable bonds is 2. The maximum Gasteiger partial charge on any atom is 0.175 e. The molecule has 0 saturated carbocycles. The Hall–Kier alpha value is -0.710. The predicted octanol–water partition coefficient (Wildman–Crippen LogP) is 6.11. The summed E-state index contributed by atoms with van der Waals surface area (Å²) in [7, 11) is 0. The Morgan fingerprint density at radius 1 is 0.800 bits per heavy atom. The zero-order chi connectivity index (χ0) is 14.7. The largest absolute Gasteiger partial charge is 0.332 e. The Kier molecular flexibility index (Phi) is 5.35. The van der Waals surface area contributed by atoms with Crippen LogP contribution in [0.5, 0.6) is 0 Å². The van der Waals surface area contributed by atoms with Crippen molar-refractivity contribution in [1.29, 1.82) is 0 Å². The highest BCUT2D eigenvalue weighted by atomic mass is 35.5. The molecule has 0 fully saturated rings. The number of benzene rings is 2. The van der Waals surface area contributed by atoms with Crippen LogP contribution in [-0.2, 0) is 0 Å². The zero-order valence-electron chi connectivity index (χ0n) is 9.88. The van der Waals surface area contributed by atoms with Gasteiger partial charge in [0.25, 0.3) is 0 Å². The second-order valence-corrected chi connectivity index (χ2v) is 5.99. The van der Waals surface area contributed by atoms with E-state index >= 15 is 0 Å². The smallest absolute Gasteiger partial charge is 0.175 e. The zero-order valence-corrected chi connectivity index (χ0v) is 13.7. The van der Waals surface area contributed by atoms with Crippen LogP contribution in [-0.4, -0.2) is 5.11 Å². The third-order valence-electron chi connectivity index (χ3n) is 2.30. The summed E-state index contributed by atoms with van der Waals surface area (Å²) in [5, 5.41) is 8.39. The van der Waals surface area contributed by atoms with Crippen molar-refractivity contribution in [2.75, 3.05) is 10.6 Å². The summed E-state index contributed by atoms with van der Waals surface area (Å²) < 4.78 is 0. The molecule has 0 amide bonds. The summed E-state index contributed by atoms with van der Waals surface area (Å²) in [5.41, 5.74) is 1.34. The molecule has 0 spiro atoms. The third-order valence-corrected chi connectivity index (χ3v) is 3.49. The van der Waals surface area contributed by atoms with Crippen molar-refractivity contribution in [1.82, 2.24) is 0 Å². The van der Waals surface area contributed by atoms with Gasteiger partial charge in [-0.15, -0.1) is 0 Å². The van der Waals surface area contributed by atoms with Gasteiger partial charge in [0, 0.05) is 20.8 Å². The molecular formula is C13H8Cl4N2S. The Morgan fingerprint density at radius 3 is 2.05 bits per heavy atom. The van der Waals surface area contributed by atoms with Gasteiger partial charge in [0.05, 0.1) is 10.7 Å². The van der Waals surface area contributed by atoms with Crippen molar-refractivity contribution < 1.29 is 0 Å². The number of nitrogens with one attached hydrogen (secondary N) is 2. The van der Waals surface area contributed by atoms with Crippen molar-refractivity contribution >= 4 is 75.1 Å². The molecule has 7 heteroatoms. The summed E-state index contributed by atoms with van der Waals surface area (Å²) in [4.78, 5) is 0. The van der Waals surface area contributed by atoms with Gasteiger partial charge in [-0.05, 0) is 48.6 Å². The van der Waals surface area contributed by atoms with Crippen molar-refractivity contribution in [3.8, 4) is 0 Å². The van der Waals surface area contributed by atoms with Gasteiger partial charge in [-0.25, -0.2) is 0 Å². The van der Waals surface area contributed by atoms with Crippen LogP contribution in [0.4, 0.5) is 11.4 Å². The minimum atomic E-state index is 0.368. The van der Waals surface area contributed by atoms with Gasteiger partial charge in [0.15, 0.2) is 5.11 Å². The highest BCUT2D eigenvalue weighted by Gasteiger charge is 2.05. The van der Waals surface area contributed by atoms with E-state index in [-0.39, 0.29) is 0 Å². The summed E-state index contributed by atoms with van der Waals surface area (Å²) in [5.74, 6) is 0. The van der Waals surface area contributed by atoms with Crippen LogP contribution >= 0.6 is 58.6 Å². The highest BCUT2D eigenvalue weighted by Crippen LogP contribution is 2.26. The molecule has 0 radical (unpaired) electrons. The number of halogens is 4. The monoisotopic (exact) mass is 364 g/mol. The number of hydrogen-bond acceptors (Lipinski definition) is 1. The average Bonchev–Trinajstić information content (AvgIpc) is 2.31. The first kappa shape index (κ1) is 15.7. The standard InChI is InChI=1S/C13H8Cl4N2S/c14-7-1-2-12(11(17)6-7)19-13(20)18-10-4-8(15)3-9(16)5-10/h1-6H,(H2,18,19,20). The van der Waals surface area contributed by atoms with Crippen LogP contribution in [0.1, 0.15) is 0 Å². The fourth-order valence-electron chi connectivity index (χ4n) is 1.50. The van der Waals surface area contributed by atoms with E-state index in [4.69, 9.17) is 58.6 Å². The summed E-state index contributed by atoms with van der Waals surface area (Å²) in [6, 6.07) is 10.2. The van der Waals surface area contributed by atoms with Crippen LogP contribution in [0.3, 0.4) is 0 Å². The lowest BCUT2D eigenvalue weighted by Crippen LogP contribution is -2.19. The molecule has 2 N–H and O–H groups in total. The third kappa shape index (κ3) is 4.40. The molecular weight excluding hydrogens is 358 g/mol. The van der Waals surface area contributed by atoms with E-state index in [1.165, 1.54) is 0 Å². The van der Waals surface area contributed by atoms with Crippen molar-refractivity contribution in [3.05, 3.63) is 56.5 Å². The normalized spacial score (nSPS) is 10.2. The molecule has 0 aliphatic rings. The fraction of sp³-hybridized carbons (Fsp3) is 0. The predicted molar refractivity (Wildman–Crippen MR) is 92.8 cm³/mol. The number of hydrogen-bond donors (Lipinski definition) is 2. The molecule has 2 rings (SSSR count). The molecule has 0 bridgehead atoms. The molecule has 0 aliphatic carbocycles. The Bertz CT molecular complexity index is 641. The number of anilines is 2. The lowest BCUT2D eigenvalue weighted by molar-refractivity contribution is 1.59. The van der Waals surface area contributed by atoms with Crippen LogP contribution in [0.2, 0.25) is 20.1 Å². The molecule has 2 aromatic rings. The second-order valence-electron chi connectivity index (χ2n) is 3.86. The molecule has 0 atom stereocenters. The van der Waals surface area contributed by atoms with Crippen LogP contribution in [0.15, 0.2) is 36.4 Å². The van der Waals surface area contributed by atoms with Gasteiger partial charge in [-0.3, -0.25) is 0 Å². The van der Waals surface area contributed by atoms with Crippen LogP contribution in [0.25, 0.3) is 0 Å². The molecule has 0 saturated heterocycles. The fourth-order valence-corrected chi connectivity index (χ4v) is 2.71. The Morgan fingerprint density at radius 2 is 1.45 bits per heavy atom. The van der Waals surface area contributed by atoms with E-state index in [2.05, 4.69) is 10.6 Å². The molecule has 20 heavy (non-hydrogen) atoms. The van der Waals surface area contributed by atoms with Crippen molar-refractivity contribution in [3.63, 3.8) is 0 Å². The van der Waals surface area contributed by atoms with Gasteiger partial charge in [0.2, 0.25) is 0 Å². The molecule has 0 aliphatic heterocycles. The lowest BCUT2D eigenvalue weighted by atomic mass is 10.3. The SMILES string of the molecule is S=C(Nc1cc(Cl)cc(Cl)c1)Nc1ccc(Cl)cc1Cl. The minimum Gasteiger partial charge on any atom is -0.332 e. The van der Waals surface area contributed by atoms with E-state index < -0.39 is 0 Å². The molecule has 104 valence electrons. The van der Waals surface area contributed by atoms with E-state index in [1.54, 1.807) is 36.4 Å². The van der Waals surface area contributed by atoms with Gasteiger partial charge < -0.3 is 10.6 Å². The van der Waals surface area contributed by atoms with E-state index in [1.807, 2.05) is 0 Å². The van der Waals surface area contributed by atoms with Crippen LogP contribution in [0, 0.1) is 0 Å². The summed E-state index contributed by atoms with van der Waals surface area (Å²) in [6.45, 7) is 0. The quantitative estimate of drug-likeness (QED) is 0.628. The molecule has 0 heterocycles. The van der Waals surface area contributed by atoms with Gasteiger partial charge >= 0.3 is 0 Å². The molecule has 2 aromatic carbocycles. The highest BCUT2D eigenvalue weighted by molar-refractivity contribution is 7.80. The van der Waals surface area contributed by atoms with E-state index in [0.717, 1.165) is 0 Å². The average molecular weight is 366 g/mol. The Labute approximate surface area is 142 Å². The van der Waals surface area contributed by atoms with Gasteiger partial charge in [-0.2, -0.15) is 0 Å². The lowest BCUT2D eigenvalue weighted by Gasteiger charge is -2.12. The Balaban J connectivity index is 2.09. The van der Waals surface area contributed by atoms with E-state index in [9.17, 15) is 0 Å². The second kappa shape index (κ2) is 6.83. The molecule has 2 nitrogen and oxygen atoms in total. The first-order chi connectivity index (χ1) is 9.44. The van der Waals surface area contributed by atoms with Gasteiger partial charge in [0.1, 0.15) is 0 Å². The van der Waals surface area contributed by atoms with Crippen LogP contribution < -0.4 is 10.6 Å². The topological polar surface area (TPSA) is 24.1 Å². The van der Waals surface area contributed by atoms with Crippen molar-refractivity contribution in [2.24, 2.45) is 0 Å². The minimum absolute atomic E-state index is 0.368. The summed E-state index contributed by atoms with van der Waals surface area (Å²) in [6.07, 6.45) is 0. The van der Waals surface area contributed by atoms with Gasteiger partial charge in [-0.1, -0.05) is 46.4 Å². The van der Waals surface area contributed by atoms with Crippen molar-refractivity contribution in [2.45, 2.75) is 0 Å². The maximum absolute atomic E-state index is 6.05.